The molecule has 5 aromatic rings. The van der Waals surface area contributed by atoms with Crippen LogP contribution in [-0.2, 0) is 0 Å². The van der Waals surface area contributed by atoms with Crippen LogP contribution >= 0.6 is 0 Å². The zero-order valence-electron chi connectivity index (χ0n) is 18.7. The van der Waals surface area contributed by atoms with E-state index < -0.39 is 0 Å². The number of phenols is 2. The second-order valence-corrected chi connectivity index (χ2v) is 7.75. The summed E-state index contributed by atoms with van der Waals surface area (Å²) >= 11 is 0. The fraction of sp³-hybridized carbons (Fsp3) is 0.0385. The molecule has 0 spiro atoms. The highest BCUT2D eigenvalue weighted by molar-refractivity contribution is 6.03. The third-order valence-corrected chi connectivity index (χ3v) is 5.47. The molecule has 0 bridgehead atoms. The van der Waals surface area contributed by atoms with Crippen molar-refractivity contribution in [2.24, 2.45) is 10.2 Å². The topological polar surface area (TPSA) is 128 Å². The van der Waals surface area contributed by atoms with Crippen LogP contribution in [0.5, 0.6) is 11.5 Å². The fourth-order valence-corrected chi connectivity index (χ4v) is 3.68. The maximum Gasteiger partial charge on any atom is 0.265 e. The van der Waals surface area contributed by atoms with E-state index in [9.17, 15) is 10.2 Å². The van der Waals surface area contributed by atoms with Crippen molar-refractivity contribution in [1.82, 2.24) is 15.2 Å². The number of phenolic OH excluding ortho intramolecular Hbond substituents is 2. The Bertz CT molecular complexity index is 1600. The Morgan fingerprint density at radius 2 is 1.23 bits per heavy atom. The van der Waals surface area contributed by atoms with Crippen LogP contribution in [0.25, 0.3) is 21.5 Å². The average Bonchev–Trinajstić information content (AvgIpc) is 2.88. The summed E-state index contributed by atoms with van der Waals surface area (Å²) in [7, 11) is 0. The molecule has 35 heavy (non-hydrogen) atoms. The predicted molar refractivity (Wildman–Crippen MR) is 138 cm³/mol. The number of fused-ring (bicyclic) bond motifs is 2. The summed E-state index contributed by atoms with van der Waals surface area (Å²) in [4.78, 5) is 4.36. The maximum atomic E-state index is 10.3. The van der Waals surface area contributed by atoms with Crippen molar-refractivity contribution >= 4 is 45.7 Å². The van der Waals surface area contributed by atoms with Crippen LogP contribution in [0.2, 0.25) is 0 Å². The van der Waals surface area contributed by atoms with Crippen LogP contribution in [-0.4, -0.2) is 37.8 Å². The van der Waals surface area contributed by atoms with Crippen molar-refractivity contribution in [2.45, 2.75) is 6.92 Å². The van der Waals surface area contributed by atoms with Gasteiger partial charge < -0.3 is 10.2 Å². The molecule has 0 unspecified atom stereocenters. The standard InChI is InChI=1S/C26H21N7O2/c1-16-25(31-27-14-21-19-8-4-2-6-17(19)10-12-23(21)34)29-26(33-30-16)32-28-15-22-20-9-5-3-7-18(20)11-13-24(22)35/h2-15,34-35H,1H3,(H2,29,31,32,33). The number of hydrogen-bond acceptors (Lipinski definition) is 9. The molecule has 4 aromatic carbocycles. The summed E-state index contributed by atoms with van der Waals surface area (Å²) in [6.07, 6.45) is 3.04. The van der Waals surface area contributed by atoms with Crippen molar-refractivity contribution in [1.29, 1.82) is 0 Å². The molecule has 0 amide bonds. The molecule has 0 saturated carbocycles. The quantitative estimate of drug-likeness (QED) is 0.211. The smallest absolute Gasteiger partial charge is 0.265 e. The lowest BCUT2D eigenvalue weighted by molar-refractivity contribution is 0.475. The number of benzene rings is 4. The Morgan fingerprint density at radius 1 is 0.686 bits per heavy atom. The lowest BCUT2D eigenvalue weighted by Gasteiger charge is -2.07. The van der Waals surface area contributed by atoms with E-state index >= 15 is 0 Å². The zero-order chi connectivity index (χ0) is 24.2. The SMILES string of the molecule is Cc1nnc(NN=Cc2c(O)ccc3ccccc23)nc1NN=Cc1c(O)ccc2ccccc12. The van der Waals surface area contributed by atoms with E-state index in [0.717, 1.165) is 21.5 Å². The Kier molecular flexibility index (Phi) is 5.87. The minimum absolute atomic E-state index is 0.116. The number of aromatic hydroxyl groups is 2. The first-order valence-electron chi connectivity index (χ1n) is 10.8. The fourth-order valence-electron chi connectivity index (χ4n) is 3.68. The molecule has 1 heterocycles. The number of nitrogens with zero attached hydrogens (tertiary/aromatic N) is 5. The minimum Gasteiger partial charge on any atom is -0.507 e. The summed E-state index contributed by atoms with van der Waals surface area (Å²) in [5, 5.41) is 40.7. The molecular weight excluding hydrogens is 442 g/mol. The summed E-state index contributed by atoms with van der Waals surface area (Å²) in [6, 6.07) is 22.4. The molecule has 9 nitrogen and oxygen atoms in total. The predicted octanol–water partition coefficient (Wildman–Crippen LogP) is 4.79. The first kappa shape index (κ1) is 21.8. The van der Waals surface area contributed by atoms with Crippen molar-refractivity contribution in [3.8, 4) is 11.5 Å². The lowest BCUT2D eigenvalue weighted by Crippen LogP contribution is -2.05. The van der Waals surface area contributed by atoms with Crippen LogP contribution < -0.4 is 10.9 Å². The molecule has 1 aromatic heterocycles. The number of hydrogen-bond donors (Lipinski definition) is 4. The van der Waals surface area contributed by atoms with Gasteiger partial charge in [0.2, 0.25) is 0 Å². The molecule has 0 saturated heterocycles. The zero-order valence-corrected chi connectivity index (χ0v) is 18.7. The van der Waals surface area contributed by atoms with Gasteiger partial charge in [-0.3, -0.25) is 5.43 Å². The number of nitrogens with one attached hydrogen (secondary N) is 2. The highest BCUT2D eigenvalue weighted by Gasteiger charge is 2.07. The van der Waals surface area contributed by atoms with Gasteiger partial charge in [0, 0.05) is 11.1 Å². The van der Waals surface area contributed by atoms with E-state index in [1.165, 1.54) is 12.4 Å². The molecule has 4 N–H and O–H groups in total. The number of aryl methyl sites for hydroxylation is 1. The van der Waals surface area contributed by atoms with Crippen LogP contribution in [0, 0.1) is 6.92 Å². The molecule has 5 rings (SSSR count). The van der Waals surface area contributed by atoms with Gasteiger partial charge in [0.1, 0.15) is 17.2 Å². The Balaban J connectivity index is 1.34. The van der Waals surface area contributed by atoms with Crippen molar-refractivity contribution in [3.63, 3.8) is 0 Å². The number of aromatic nitrogens is 3. The lowest BCUT2D eigenvalue weighted by atomic mass is 10.0. The Morgan fingerprint density at radius 3 is 1.83 bits per heavy atom. The van der Waals surface area contributed by atoms with Gasteiger partial charge in [-0.2, -0.15) is 15.2 Å². The second kappa shape index (κ2) is 9.44. The molecule has 0 aliphatic carbocycles. The van der Waals surface area contributed by atoms with Gasteiger partial charge in [-0.25, -0.2) is 5.43 Å². The molecular formula is C26H21N7O2. The summed E-state index contributed by atoms with van der Waals surface area (Å²) < 4.78 is 0. The van der Waals surface area contributed by atoms with E-state index in [4.69, 9.17) is 0 Å². The van der Waals surface area contributed by atoms with E-state index in [-0.39, 0.29) is 17.4 Å². The van der Waals surface area contributed by atoms with Crippen molar-refractivity contribution in [3.05, 3.63) is 89.6 Å². The van der Waals surface area contributed by atoms with Gasteiger partial charge in [0.15, 0.2) is 5.82 Å². The normalized spacial score (nSPS) is 11.6. The largest absolute Gasteiger partial charge is 0.507 e. The van der Waals surface area contributed by atoms with Gasteiger partial charge in [0.25, 0.3) is 5.95 Å². The van der Waals surface area contributed by atoms with Gasteiger partial charge >= 0.3 is 0 Å². The minimum atomic E-state index is 0.116. The van der Waals surface area contributed by atoms with Crippen LogP contribution in [0.3, 0.4) is 0 Å². The number of rotatable bonds is 6. The Hall–Kier alpha value is -5.05. The highest BCUT2D eigenvalue weighted by atomic mass is 16.3. The monoisotopic (exact) mass is 463 g/mol. The van der Waals surface area contributed by atoms with E-state index in [0.29, 0.717) is 22.6 Å². The molecule has 0 aliphatic rings. The number of anilines is 2. The van der Waals surface area contributed by atoms with E-state index in [1.54, 1.807) is 19.1 Å². The highest BCUT2D eigenvalue weighted by Crippen LogP contribution is 2.26. The molecule has 172 valence electrons. The third kappa shape index (κ3) is 4.55. The van der Waals surface area contributed by atoms with Crippen molar-refractivity contribution < 1.29 is 10.2 Å². The van der Waals surface area contributed by atoms with Crippen LogP contribution in [0.15, 0.2) is 83.0 Å². The second-order valence-electron chi connectivity index (χ2n) is 7.75. The van der Waals surface area contributed by atoms with E-state index in [1.807, 2.05) is 60.7 Å². The molecule has 0 atom stereocenters. The maximum absolute atomic E-state index is 10.3. The molecule has 0 fully saturated rings. The van der Waals surface area contributed by atoms with Crippen LogP contribution in [0.1, 0.15) is 16.8 Å². The molecule has 9 heteroatoms. The average molecular weight is 464 g/mol. The van der Waals surface area contributed by atoms with Gasteiger partial charge in [-0.15, -0.1) is 10.2 Å². The summed E-state index contributed by atoms with van der Waals surface area (Å²) in [5.41, 5.74) is 7.28. The van der Waals surface area contributed by atoms with Gasteiger partial charge in [-0.05, 0) is 40.6 Å². The van der Waals surface area contributed by atoms with Gasteiger partial charge in [0.05, 0.1) is 12.4 Å². The van der Waals surface area contributed by atoms with Crippen LogP contribution in [0.4, 0.5) is 11.8 Å². The number of hydrazone groups is 2. The molecule has 0 radical (unpaired) electrons. The van der Waals surface area contributed by atoms with E-state index in [2.05, 4.69) is 36.2 Å². The van der Waals surface area contributed by atoms with Gasteiger partial charge in [-0.1, -0.05) is 60.7 Å². The third-order valence-electron chi connectivity index (χ3n) is 5.47. The Labute approximate surface area is 200 Å². The first-order chi connectivity index (χ1) is 17.1. The summed E-state index contributed by atoms with van der Waals surface area (Å²) in [6.45, 7) is 1.74. The van der Waals surface area contributed by atoms with Crippen molar-refractivity contribution in [2.75, 3.05) is 10.9 Å². The molecule has 0 aliphatic heterocycles. The summed E-state index contributed by atoms with van der Waals surface area (Å²) in [5.74, 6) is 0.768. The first-order valence-corrected chi connectivity index (χ1v) is 10.8.